The molecule has 1 aromatic carbocycles. The van der Waals surface area contributed by atoms with E-state index in [0.717, 1.165) is 0 Å². The minimum absolute atomic E-state index is 0.0239. The van der Waals surface area contributed by atoms with E-state index in [1.54, 1.807) is 25.3 Å². The van der Waals surface area contributed by atoms with Gasteiger partial charge in [-0.05, 0) is 26.0 Å². The molecule has 0 unspecified atom stereocenters. The van der Waals surface area contributed by atoms with Crippen molar-refractivity contribution in [3.05, 3.63) is 18.2 Å². The van der Waals surface area contributed by atoms with E-state index < -0.39 is 0 Å². The Morgan fingerprint density at radius 2 is 2.18 bits per heavy atom. The average Bonchev–Trinajstić information content (AvgIpc) is 2.25. The van der Waals surface area contributed by atoms with Gasteiger partial charge >= 0.3 is 0 Å². The van der Waals surface area contributed by atoms with Gasteiger partial charge in [-0.25, -0.2) is 0 Å². The van der Waals surface area contributed by atoms with Crippen LogP contribution in [0, 0.1) is 0 Å². The predicted molar refractivity (Wildman–Crippen MR) is 66.2 cm³/mol. The van der Waals surface area contributed by atoms with Crippen molar-refractivity contribution in [2.75, 3.05) is 19.5 Å². The molecule has 17 heavy (non-hydrogen) atoms. The van der Waals surface area contributed by atoms with Gasteiger partial charge in [-0.3, -0.25) is 4.79 Å². The molecule has 0 aliphatic carbocycles. The van der Waals surface area contributed by atoms with Crippen LogP contribution in [0.25, 0.3) is 0 Å². The summed E-state index contributed by atoms with van der Waals surface area (Å²) in [6, 6.07) is 5.14. The number of nitrogens with two attached hydrogens (primary N) is 1. The van der Waals surface area contributed by atoms with Crippen LogP contribution in [0.3, 0.4) is 0 Å². The molecule has 0 radical (unpaired) electrons. The Kier molecular flexibility index (Phi) is 4.63. The van der Waals surface area contributed by atoms with Crippen LogP contribution < -0.4 is 20.5 Å². The number of ether oxygens (including phenoxy) is 2. The SMILES string of the molecule is COc1ccc(OCC(=O)NC(C)C)cc1N. The summed E-state index contributed by atoms with van der Waals surface area (Å²) >= 11 is 0. The highest BCUT2D eigenvalue weighted by molar-refractivity contribution is 5.77. The third-order valence-electron chi connectivity index (χ3n) is 2.02. The predicted octanol–water partition coefficient (Wildman–Crippen LogP) is 1.18. The van der Waals surface area contributed by atoms with E-state index in [9.17, 15) is 4.79 Å². The number of nitrogen functional groups attached to an aromatic ring is 1. The second-order valence-corrected chi connectivity index (χ2v) is 3.91. The normalized spacial score (nSPS) is 10.1. The molecule has 0 aliphatic heterocycles. The fourth-order valence-corrected chi connectivity index (χ4v) is 1.31. The maximum absolute atomic E-state index is 11.3. The molecule has 1 amide bonds. The highest BCUT2D eigenvalue weighted by Crippen LogP contribution is 2.25. The van der Waals surface area contributed by atoms with Crippen molar-refractivity contribution >= 4 is 11.6 Å². The topological polar surface area (TPSA) is 73.6 Å². The van der Waals surface area contributed by atoms with E-state index in [-0.39, 0.29) is 18.6 Å². The smallest absolute Gasteiger partial charge is 0.258 e. The summed E-state index contributed by atoms with van der Waals surface area (Å²) in [5.41, 5.74) is 6.19. The summed E-state index contributed by atoms with van der Waals surface area (Å²) < 4.78 is 10.3. The largest absolute Gasteiger partial charge is 0.495 e. The lowest BCUT2D eigenvalue weighted by molar-refractivity contribution is -0.123. The average molecular weight is 238 g/mol. The van der Waals surface area contributed by atoms with Crippen molar-refractivity contribution in [2.45, 2.75) is 19.9 Å². The van der Waals surface area contributed by atoms with Crippen molar-refractivity contribution in [1.82, 2.24) is 5.32 Å². The highest BCUT2D eigenvalue weighted by Gasteiger charge is 2.06. The number of benzene rings is 1. The maximum atomic E-state index is 11.3. The van der Waals surface area contributed by atoms with E-state index in [4.69, 9.17) is 15.2 Å². The van der Waals surface area contributed by atoms with E-state index in [2.05, 4.69) is 5.32 Å². The number of hydrogen-bond acceptors (Lipinski definition) is 4. The van der Waals surface area contributed by atoms with Gasteiger partial charge < -0.3 is 20.5 Å². The number of anilines is 1. The molecule has 3 N–H and O–H groups in total. The molecule has 0 aromatic heterocycles. The van der Waals surface area contributed by atoms with Crippen molar-refractivity contribution in [3.63, 3.8) is 0 Å². The molecule has 5 nitrogen and oxygen atoms in total. The van der Waals surface area contributed by atoms with Gasteiger partial charge in [-0.2, -0.15) is 0 Å². The Hall–Kier alpha value is -1.91. The van der Waals surface area contributed by atoms with Crippen LogP contribution in [0.1, 0.15) is 13.8 Å². The lowest BCUT2D eigenvalue weighted by Gasteiger charge is -2.11. The van der Waals surface area contributed by atoms with Crippen molar-refractivity contribution in [2.24, 2.45) is 0 Å². The fraction of sp³-hybridized carbons (Fsp3) is 0.417. The molecular formula is C12H18N2O3. The molecule has 0 atom stereocenters. The molecule has 94 valence electrons. The number of carbonyl (C=O) groups is 1. The Morgan fingerprint density at radius 1 is 1.47 bits per heavy atom. The molecule has 0 heterocycles. The first-order valence-electron chi connectivity index (χ1n) is 5.38. The van der Waals surface area contributed by atoms with Gasteiger partial charge in [0, 0.05) is 12.1 Å². The van der Waals surface area contributed by atoms with Gasteiger partial charge in [0.05, 0.1) is 12.8 Å². The number of rotatable bonds is 5. The first-order valence-corrected chi connectivity index (χ1v) is 5.38. The van der Waals surface area contributed by atoms with E-state index in [0.29, 0.717) is 17.2 Å². The molecule has 5 heteroatoms. The first kappa shape index (κ1) is 13.2. The van der Waals surface area contributed by atoms with Gasteiger partial charge in [-0.15, -0.1) is 0 Å². The van der Waals surface area contributed by atoms with Crippen LogP contribution >= 0.6 is 0 Å². The van der Waals surface area contributed by atoms with Crippen molar-refractivity contribution < 1.29 is 14.3 Å². The number of methoxy groups -OCH3 is 1. The van der Waals surface area contributed by atoms with Crippen LogP contribution in [0.2, 0.25) is 0 Å². The zero-order valence-corrected chi connectivity index (χ0v) is 10.3. The number of carbonyl (C=O) groups excluding carboxylic acids is 1. The number of hydrogen-bond donors (Lipinski definition) is 2. The van der Waals surface area contributed by atoms with Gasteiger partial charge in [0.1, 0.15) is 11.5 Å². The number of nitrogens with one attached hydrogen (secondary N) is 1. The molecule has 0 spiro atoms. The third kappa shape index (κ3) is 4.22. The summed E-state index contributed by atoms with van der Waals surface area (Å²) in [4.78, 5) is 11.3. The van der Waals surface area contributed by atoms with E-state index in [1.807, 2.05) is 13.8 Å². The summed E-state index contributed by atoms with van der Waals surface area (Å²) in [5.74, 6) is 0.973. The van der Waals surface area contributed by atoms with Gasteiger partial charge in [0.2, 0.25) is 0 Å². The Bertz CT molecular complexity index is 391. The Morgan fingerprint density at radius 3 is 2.71 bits per heavy atom. The monoisotopic (exact) mass is 238 g/mol. The van der Waals surface area contributed by atoms with E-state index >= 15 is 0 Å². The third-order valence-corrected chi connectivity index (χ3v) is 2.02. The summed E-state index contributed by atoms with van der Waals surface area (Å²) in [5, 5.41) is 2.73. The minimum Gasteiger partial charge on any atom is -0.495 e. The van der Waals surface area contributed by atoms with Gasteiger partial charge in [0.15, 0.2) is 6.61 Å². The van der Waals surface area contributed by atoms with Crippen molar-refractivity contribution in [1.29, 1.82) is 0 Å². The van der Waals surface area contributed by atoms with Crippen LogP contribution in [-0.4, -0.2) is 25.7 Å². The zero-order valence-electron chi connectivity index (χ0n) is 10.3. The molecule has 0 aliphatic rings. The lowest BCUT2D eigenvalue weighted by atomic mass is 10.3. The number of amides is 1. The van der Waals surface area contributed by atoms with Crippen LogP contribution in [0.15, 0.2) is 18.2 Å². The maximum Gasteiger partial charge on any atom is 0.258 e. The summed E-state index contributed by atoms with van der Waals surface area (Å²) in [7, 11) is 1.54. The summed E-state index contributed by atoms with van der Waals surface area (Å²) in [6.45, 7) is 3.76. The molecule has 1 aromatic rings. The quantitative estimate of drug-likeness (QED) is 0.755. The fourth-order valence-electron chi connectivity index (χ4n) is 1.31. The molecule has 0 fully saturated rings. The van der Waals surface area contributed by atoms with Gasteiger partial charge in [0.25, 0.3) is 5.91 Å². The Labute approximate surface area is 101 Å². The van der Waals surface area contributed by atoms with Crippen LogP contribution in [0.4, 0.5) is 5.69 Å². The Balaban J connectivity index is 2.52. The second kappa shape index (κ2) is 5.98. The molecular weight excluding hydrogens is 220 g/mol. The second-order valence-electron chi connectivity index (χ2n) is 3.91. The first-order chi connectivity index (χ1) is 8.02. The summed E-state index contributed by atoms with van der Waals surface area (Å²) in [6.07, 6.45) is 0. The van der Waals surface area contributed by atoms with Gasteiger partial charge in [-0.1, -0.05) is 0 Å². The minimum atomic E-state index is -0.158. The van der Waals surface area contributed by atoms with E-state index in [1.165, 1.54) is 0 Å². The highest BCUT2D eigenvalue weighted by atomic mass is 16.5. The van der Waals surface area contributed by atoms with Crippen molar-refractivity contribution in [3.8, 4) is 11.5 Å². The molecule has 0 saturated carbocycles. The molecule has 0 bridgehead atoms. The van der Waals surface area contributed by atoms with Crippen LogP contribution in [-0.2, 0) is 4.79 Å². The zero-order chi connectivity index (χ0) is 12.8. The molecule has 1 rings (SSSR count). The lowest BCUT2D eigenvalue weighted by Crippen LogP contribution is -2.34. The van der Waals surface area contributed by atoms with Crippen LogP contribution in [0.5, 0.6) is 11.5 Å². The molecule has 0 saturated heterocycles. The standard InChI is InChI=1S/C12H18N2O3/c1-8(2)14-12(15)7-17-9-4-5-11(16-3)10(13)6-9/h4-6,8H,7,13H2,1-3H3,(H,14,15).